The molecule has 24 heavy (non-hydrogen) atoms. The summed E-state index contributed by atoms with van der Waals surface area (Å²) in [5.41, 5.74) is 1.58. The van der Waals surface area contributed by atoms with Crippen LogP contribution in [0, 0.1) is 0 Å². The number of rotatable bonds is 12. The highest BCUT2D eigenvalue weighted by atomic mass is 35.5. The average Bonchev–Trinajstić information content (AvgIpc) is 2.53. The molecule has 0 atom stereocenters. The van der Waals surface area contributed by atoms with Gasteiger partial charge in [-0.1, -0.05) is 43.9 Å². The van der Waals surface area contributed by atoms with Crippen LogP contribution in [0.4, 0.5) is 0 Å². The second-order valence-electron chi connectivity index (χ2n) is 7.20. The summed E-state index contributed by atoms with van der Waals surface area (Å²) in [6.45, 7) is 7.25. The van der Waals surface area contributed by atoms with Crippen LogP contribution >= 0.6 is 7.26 Å². The van der Waals surface area contributed by atoms with Gasteiger partial charge < -0.3 is 21.9 Å². The third-order valence-corrected chi connectivity index (χ3v) is 6.26. The molecule has 0 aromatic heterocycles. The summed E-state index contributed by atoms with van der Waals surface area (Å²) in [5.74, 6) is 0. The molecule has 0 aliphatic carbocycles. The summed E-state index contributed by atoms with van der Waals surface area (Å²) in [6, 6.07) is 9.05. The maximum atomic E-state index is 5.21. The van der Waals surface area contributed by atoms with Gasteiger partial charge in [-0.3, -0.25) is 0 Å². The van der Waals surface area contributed by atoms with E-state index in [0.717, 1.165) is 6.42 Å². The standard InChI is InChI=1S/C20H36O2P.ClH/c1-21-20(22-2)17-11-9-7-6-8-10-14-18-15-12-13-16-19(18)23(3,4)5;/h12-13,15-16,20H,6-11,14,17H2,1-5H3;1H/q+1;/p-1. The van der Waals surface area contributed by atoms with Crippen molar-refractivity contribution in [2.45, 2.75) is 57.7 Å². The molecule has 0 bridgehead atoms. The fourth-order valence-corrected chi connectivity index (χ4v) is 4.62. The second-order valence-corrected chi connectivity index (χ2v) is 11.7. The quantitative estimate of drug-likeness (QED) is 0.317. The van der Waals surface area contributed by atoms with Gasteiger partial charge in [-0.05, 0) is 37.3 Å². The van der Waals surface area contributed by atoms with E-state index in [1.165, 1.54) is 44.9 Å². The van der Waals surface area contributed by atoms with Gasteiger partial charge in [0.2, 0.25) is 0 Å². The van der Waals surface area contributed by atoms with Gasteiger partial charge in [0.05, 0.1) is 25.3 Å². The van der Waals surface area contributed by atoms with Gasteiger partial charge in [0.25, 0.3) is 0 Å². The highest BCUT2D eigenvalue weighted by molar-refractivity contribution is 7.81. The lowest BCUT2D eigenvalue weighted by molar-refractivity contribution is -0.107. The first-order valence-electron chi connectivity index (χ1n) is 8.94. The third-order valence-electron chi connectivity index (χ3n) is 4.38. The number of aryl methyl sites for hydroxylation is 1. The molecule has 0 saturated heterocycles. The number of methoxy groups -OCH3 is 2. The van der Waals surface area contributed by atoms with Gasteiger partial charge in [-0.25, -0.2) is 0 Å². The Balaban J connectivity index is 0.00000529. The monoisotopic (exact) mass is 374 g/mol. The van der Waals surface area contributed by atoms with Crippen LogP contribution in [0.1, 0.15) is 50.5 Å². The van der Waals surface area contributed by atoms with Crippen molar-refractivity contribution in [3.63, 3.8) is 0 Å². The molecule has 0 spiro atoms. The Morgan fingerprint density at radius 2 is 1.38 bits per heavy atom. The summed E-state index contributed by atoms with van der Waals surface area (Å²) in [6.07, 6.45) is 10.0. The van der Waals surface area contributed by atoms with Gasteiger partial charge in [0.1, 0.15) is 0 Å². The number of benzene rings is 1. The van der Waals surface area contributed by atoms with Crippen LogP contribution in [-0.4, -0.2) is 40.5 Å². The molecule has 0 aliphatic rings. The minimum atomic E-state index is -0.916. The maximum Gasteiger partial charge on any atom is 0.156 e. The molecule has 0 heterocycles. The van der Waals surface area contributed by atoms with Crippen LogP contribution in [0.3, 0.4) is 0 Å². The summed E-state index contributed by atoms with van der Waals surface area (Å²) in [7, 11) is 2.51. The largest absolute Gasteiger partial charge is 1.00 e. The first-order chi connectivity index (χ1) is 11.0. The zero-order chi connectivity index (χ0) is 17.1. The minimum absolute atomic E-state index is 0. The molecular weight excluding hydrogens is 339 g/mol. The van der Waals surface area contributed by atoms with E-state index in [2.05, 4.69) is 44.3 Å². The van der Waals surface area contributed by atoms with Gasteiger partial charge in [-0.2, -0.15) is 0 Å². The van der Waals surface area contributed by atoms with E-state index >= 15 is 0 Å². The van der Waals surface area contributed by atoms with E-state index < -0.39 is 7.26 Å². The fraction of sp³-hybridized carbons (Fsp3) is 0.700. The predicted molar refractivity (Wildman–Crippen MR) is 105 cm³/mol. The van der Waals surface area contributed by atoms with E-state index in [4.69, 9.17) is 9.47 Å². The summed E-state index contributed by atoms with van der Waals surface area (Å²) in [4.78, 5) is 0. The number of hydrogen-bond acceptors (Lipinski definition) is 2. The van der Waals surface area contributed by atoms with Crippen molar-refractivity contribution in [1.82, 2.24) is 0 Å². The Labute approximate surface area is 156 Å². The van der Waals surface area contributed by atoms with Crippen molar-refractivity contribution in [2.24, 2.45) is 0 Å². The Kier molecular flexibility index (Phi) is 13.0. The summed E-state index contributed by atoms with van der Waals surface area (Å²) < 4.78 is 10.4. The molecule has 0 fully saturated rings. The highest BCUT2D eigenvalue weighted by Gasteiger charge is 2.23. The zero-order valence-corrected chi connectivity index (χ0v) is 17.8. The number of unbranched alkanes of at least 4 members (excludes halogenated alkanes) is 5. The van der Waals surface area contributed by atoms with Gasteiger partial charge in [0, 0.05) is 21.5 Å². The highest BCUT2D eigenvalue weighted by Crippen LogP contribution is 2.46. The second kappa shape index (κ2) is 13.1. The van der Waals surface area contributed by atoms with Crippen molar-refractivity contribution in [1.29, 1.82) is 0 Å². The molecular formula is C20H36ClO2P. The van der Waals surface area contributed by atoms with E-state index in [1.54, 1.807) is 25.1 Å². The molecule has 0 unspecified atom stereocenters. The molecule has 0 aliphatic heterocycles. The normalized spacial score (nSPS) is 11.6. The molecule has 140 valence electrons. The molecule has 1 aromatic carbocycles. The lowest BCUT2D eigenvalue weighted by atomic mass is 10.0. The van der Waals surface area contributed by atoms with Gasteiger partial charge in [0.15, 0.2) is 6.29 Å². The third kappa shape index (κ3) is 9.37. The topological polar surface area (TPSA) is 18.5 Å². The van der Waals surface area contributed by atoms with Crippen LogP contribution in [0.2, 0.25) is 0 Å². The Hall–Kier alpha value is -0.140. The Morgan fingerprint density at radius 3 is 1.96 bits per heavy atom. The fourth-order valence-electron chi connectivity index (χ4n) is 3.04. The first kappa shape index (κ1) is 23.9. The van der Waals surface area contributed by atoms with E-state index in [-0.39, 0.29) is 18.7 Å². The zero-order valence-electron chi connectivity index (χ0n) is 16.2. The number of halogens is 1. The van der Waals surface area contributed by atoms with Crippen molar-refractivity contribution in [3.8, 4) is 0 Å². The Morgan fingerprint density at radius 1 is 0.833 bits per heavy atom. The number of hydrogen-bond donors (Lipinski definition) is 0. The van der Waals surface area contributed by atoms with E-state index in [1.807, 2.05) is 0 Å². The van der Waals surface area contributed by atoms with Crippen LogP contribution in [-0.2, 0) is 15.9 Å². The smallest absolute Gasteiger partial charge is 0.156 e. The van der Waals surface area contributed by atoms with Crippen LogP contribution in [0.25, 0.3) is 0 Å². The molecule has 0 radical (unpaired) electrons. The summed E-state index contributed by atoms with van der Waals surface area (Å²) in [5, 5.41) is 1.62. The Bertz CT molecular complexity index is 428. The van der Waals surface area contributed by atoms with Crippen molar-refractivity contribution < 1.29 is 21.9 Å². The SMILES string of the molecule is COC(CCCCCCCCc1ccccc1[P+](C)(C)C)OC.[Cl-]. The van der Waals surface area contributed by atoms with Gasteiger partial charge in [-0.15, -0.1) is 0 Å². The van der Waals surface area contributed by atoms with Gasteiger partial charge >= 0.3 is 0 Å². The predicted octanol–water partition coefficient (Wildman–Crippen LogP) is 2.11. The molecule has 0 saturated carbocycles. The maximum absolute atomic E-state index is 5.21. The lowest BCUT2D eigenvalue weighted by Crippen LogP contribution is -3.00. The van der Waals surface area contributed by atoms with Crippen molar-refractivity contribution >= 4 is 12.6 Å². The molecule has 4 heteroatoms. The minimum Gasteiger partial charge on any atom is -1.00 e. The van der Waals surface area contributed by atoms with Crippen LogP contribution < -0.4 is 17.7 Å². The molecule has 0 N–H and O–H groups in total. The van der Waals surface area contributed by atoms with Crippen molar-refractivity contribution in [2.75, 3.05) is 34.2 Å². The van der Waals surface area contributed by atoms with Crippen LogP contribution in [0.5, 0.6) is 0 Å². The number of ether oxygens (including phenoxy) is 2. The molecule has 2 nitrogen and oxygen atoms in total. The van der Waals surface area contributed by atoms with Crippen molar-refractivity contribution in [3.05, 3.63) is 29.8 Å². The lowest BCUT2D eigenvalue weighted by Gasteiger charge is -2.16. The molecule has 0 amide bonds. The average molecular weight is 375 g/mol. The summed E-state index contributed by atoms with van der Waals surface area (Å²) >= 11 is 0. The van der Waals surface area contributed by atoms with E-state index in [9.17, 15) is 0 Å². The van der Waals surface area contributed by atoms with E-state index in [0.29, 0.717) is 0 Å². The first-order valence-corrected chi connectivity index (χ1v) is 12.1. The molecule has 1 rings (SSSR count). The molecule has 1 aromatic rings. The van der Waals surface area contributed by atoms with Crippen LogP contribution in [0.15, 0.2) is 24.3 Å².